The summed E-state index contributed by atoms with van der Waals surface area (Å²) < 4.78 is 37.3. The number of aromatic nitrogens is 5. The Hall–Kier alpha value is -3.49. The normalized spacial score (nSPS) is 18.4. The second-order valence-corrected chi connectivity index (χ2v) is 8.94. The van der Waals surface area contributed by atoms with E-state index in [4.69, 9.17) is 9.72 Å². The highest BCUT2D eigenvalue weighted by Crippen LogP contribution is 2.38. The fraction of sp³-hybridized carbons (Fsp3) is 0.400. The highest BCUT2D eigenvalue weighted by Gasteiger charge is 2.32. The van der Waals surface area contributed by atoms with Crippen molar-refractivity contribution in [2.24, 2.45) is 0 Å². The summed E-state index contributed by atoms with van der Waals surface area (Å²) in [7, 11) is 1.63. The van der Waals surface area contributed by atoms with Gasteiger partial charge in [0, 0.05) is 42.6 Å². The molecule has 5 rings (SSSR count). The Morgan fingerprint density at radius 2 is 2.03 bits per heavy atom. The number of imidazole rings is 1. The second-order valence-electron chi connectivity index (χ2n) is 8.94. The number of methoxy groups -OCH3 is 1. The van der Waals surface area contributed by atoms with Crippen LogP contribution in [-0.4, -0.2) is 37.2 Å². The van der Waals surface area contributed by atoms with Crippen molar-refractivity contribution in [3.05, 3.63) is 60.3 Å². The predicted molar refractivity (Wildman–Crippen MR) is 127 cm³/mol. The Morgan fingerprint density at radius 1 is 1.15 bits per heavy atom. The van der Waals surface area contributed by atoms with Gasteiger partial charge in [0.15, 0.2) is 5.65 Å². The van der Waals surface area contributed by atoms with E-state index in [2.05, 4.69) is 15.4 Å². The number of pyridine rings is 1. The quantitative estimate of drug-likeness (QED) is 0.388. The van der Waals surface area contributed by atoms with Gasteiger partial charge in [-0.15, -0.1) is 5.10 Å². The molecule has 0 radical (unpaired) electrons. The van der Waals surface area contributed by atoms with E-state index in [1.807, 2.05) is 54.2 Å². The summed E-state index contributed by atoms with van der Waals surface area (Å²) in [6, 6.07) is 9.65. The third-order valence-electron chi connectivity index (χ3n) is 6.46. The van der Waals surface area contributed by atoms with Crippen LogP contribution in [0.5, 0.6) is 5.75 Å². The van der Waals surface area contributed by atoms with Crippen molar-refractivity contribution in [2.45, 2.75) is 57.3 Å². The van der Waals surface area contributed by atoms with Crippen molar-refractivity contribution < 1.29 is 13.5 Å². The molecule has 0 bridgehead atoms. The Kier molecular flexibility index (Phi) is 5.93. The molecular weight excluding hydrogens is 438 g/mol. The number of benzene rings is 1. The molecule has 1 atom stereocenters. The number of ether oxygens (including phenoxy) is 1. The maximum atomic E-state index is 14.0. The van der Waals surface area contributed by atoms with Crippen LogP contribution < -0.4 is 10.1 Å². The van der Waals surface area contributed by atoms with Crippen LogP contribution >= 0.6 is 0 Å². The molecule has 0 saturated heterocycles. The number of nitrogens with one attached hydrogen (secondary N) is 1. The van der Waals surface area contributed by atoms with Gasteiger partial charge in [0.1, 0.15) is 5.75 Å². The van der Waals surface area contributed by atoms with E-state index >= 15 is 0 Å². The zero-order chi connectivity index (χ0) is 23.7. The smallest absolute Gasteiger partial charge is 0.248 e. The van der Waals surface area contributed by atoms with Crippen molar-refractivity contribution in [1.29, 1.82) is 0 Å². The van der Waals surface area contributed by atoms with Crippen LogP contribution in [0.15, 0.2) is 49.1 Å². The molecule has 4 aromatic rings. The maximum Gasteiger partial charge on any atom is 0.248 e. The van der Waals surface area contributed by atoms with E-state index in [9.17, 15) is 8.78 Å². The second kappa shape index (κ2) is 9.04. The Labute approximate surface area is 196 Å². The number of halogens is 2. The standard InChI is InChI=1S/C25H28F2N6O/c1-17-15-32(16-28-17)21-9-8-19(14-22(21)34-2)29-24-30-23-20(7-5-13-33(23)31-24)18-6-3-4-11-25(26,27)12-10-18/h5,7-9,13-16,18H,3-4,6,10-12H2,1-2H3,(H,29,31). The summed E-state index contributed by atoms with van der Waals surface area (Å²) >= 11 is 0. The lowest BCUT2D eigenvalue weighted by Gasteiger charge is -2.25. The van der Waals surface area contributed by atoms with Gasteiger partial charge in [-0.2, -0.15) is 4.98 Å². The van der Waals surface area contributed by atoms with Gasteiger partial charge in [0.25, 0.3) is 0 Å². The van der Waals surface area contributed by atoms with Gasteiger partial charge in [0.05, 0.1) is 24.8 Å². The first-order valence-electron chi connectivity index (χ1n) is 11.6. The lowest BCUT2D eigenvalue weighted by Crippen LogP contribution is -2.19. The lowest BCUT2D eigenvalue weighted by atomic mass is 9.85. The van der Waals surface area contributed by atoms with Crippen LogP contribution in [0, 0.1) is 6.92 Å². The molecule has 1 aliphatic rings. The summed E-state index contributed by atoms with van der Waals surface area (Å²) in [5.41, 5.74) is 4.25. The van der Waals surface area contributed by atoms with E-state index in [0.29, 0.717) is 30.2 Å². The topological polar surface area (TPSA) is 69.3 Å². The number of hydrogen-bond donors (Lipinski definition) is 1. The fourth-order valence-electron chi connectivity index (χ4n) is 4.69. The fourth-order valence-corrected chi connectivity index (χ4v) is 4.69. The van der Waals surface area contributed by atoms with Crippen LogP contribution in [0.2, 0.25) is 0 Å². The molecule has 1 aliphatic carbocycles. The summed E-state index contributed by atoms with van der Waals surface area (Å²) in [5.74, 6) is -1.41. The van der Waals surface area contributed by atoms with Gasteiger partial charge in [-0.25, -0.2) is 18.3 Å². The zero-order valence-electron chi connectivity index (χ0n) is 19.3. The Balaban J connectivity index is 1.41. The van der Waals surface area contributed by atoms with Gasteiger partial charge in [-0.1, -0.05) is 12.5 Å². The molecule has 0 aliphatic heterocycles. The Morgan fingerprint density at radius 3 is 2.82 bits per heavy atom. The van der Waals surface area contributed by atoms with Crippen LogP contribution in [0.3, 0.4) is 0 Å². The van der Waals surface area contributed by atoms with Crippen molar-refractivity contribution >= 4 is 17.3 Å². The molecule has 34 heavy (non-hydrogen) atoms. The summed E-state index contributed by atoms with van der Waals surface area (Å²) in [5, 5.41) is 7.81. The molecule has 1 unspecified atom stereocenters. The van der Waals surface area contributed by atoms with Crippen molar-refractivity contribution in [3.8, 4) is 11.4 Å². The van der Waals surface area contributed by atoms with E-state index < -0.39 is 5.92 Å². The first-order valence-corrected chi connectivity index (χ1v) is 11.6. The number of fused-ring (bicyclic) bond motifs is 1. The SMILES string of the molecule is COc1cc(Nc2nc3c(C4CCCCC(F)(F)CC4)cccn3n2)ccc1-n1cnc(C)c1. The minimum Gasteiger partial charge on any atom is -0.494 e. The monoisotopic (exact) mass is 466 g/mol. The minimum atomic E-state index is -2.58. The number of anilines is 2. The molecule has 0 spiro atoms. The summed E-state index contributed by atoms with van der Waals surface area (Å²) in [6.45, 7) is 1.93. The molecule has 0 amide bonds. The van der Waals surface area contributed by atoms with Crippen molar-refractivity contribution in [1.82, 2.24) is 24.1 Å². The highest BCUT2D eigenvalue weighted by molar-refractivity contribution is 5.63. The summed E-state index contributed by atoms with van der Waals surface area (Å²) in [4.78, 5) is 8.99. The van der Waals surface area contributed by atoms with Crippen molar-refractivity contribution in [3.63, 3.8) is 0 Å². The molecule has 3 aromatic heterocycles. The van der Waals surface area contributed by atoms with Gasteiger partial charge in [-0.05, 0) is 50.3 Å². The first-order chi connectivity index (χ1) is 16.4. The molecular formula is C25H28F2N6O. The highest BCUT2D eigenvalue weighted by atomic mass is 19.3. The van der Waals surface area contributed by atoms with E-state index in [-0.39, 0.29) is 18.8 Å². The van der Waals surface area contributed by atoms with E-state index in [1.54, 1.807) is 18.0 Å². The van der Waals surface area contributed by atoms with Crippen LogP contribution in [0.1, 0.15) is 55.7 Å². The van der Waals surface area contributed by atoms with Gasteiger partial charge in [0.2, 0.25) is 11.9 Å². The van der Waals surface area contributed by atoms with Crippen LogP contribution in [0.4, 0.5) is 20.4 Å². The molecule has 7 nitrogen and oxygen atoms in total. The first kappa shape index (κ1) is 22.3. The van der Waals surface area contributed by atoms with Gasteiger partial charge in [-0.3, -0.25) is 0 Å². The van der Waals surface area contributed by atoms with E-state index in [1.165, 1.54) is 0 Å². The number of alkyl halides is 2. The largest absolute Gasteiger partial charge is 0.494 e. The van der Waals surface area contributed by atoms with Gasteiger partial charge < -0.3 is 14.6 Å². The predicted octanol–water partition coefficient (Wildman–Crippen LogP) is 6.05. The molecule has 178 valence electrons. The zero-order valence-corrected chi connectivity index (χ0v) is 19.3. The molecule has 9 heteroatoms. The molecule has 1 N–H and O–H groups in total. The number of aryl methyl sites for hydroxylation is 1. The third-order valence-corrected chi connectivity index (χ3v) is 6.46. The van der Waals surface area contributed by atoms with Crippen LogP contribution in [-0.2, 0) is 0 Å². The lowest BCUT2D eigenvalue weighted by molar-refractivity contribution is -0.0258. The summed E-state index contributed by atoms with van der Waals surface area (Å²) in [6.07, 6.45) is 8.11. The number of nitrogens with zero attached hydrogens (tertiary/aromatic N) is 5. The molecule has 1 saturated carbocycles. The number of rotatable bonds is 5. The molecule has 1 aromatic carbocycles. The average Bonchev–Trinajstić information content (AvgIpc) is 3.42. The molecule has 3 heterocycles. The minimum absolute atomic E-state index is 0.00831. The Bertz CT molecular complexity index is 1300. The van der Waals surface area contributed by atoms with Gasteiger partial charge >= 0.3 is 0 Å². The maximum absolute atomic E-state index is 14.0. The molecule has 1 fully saturated rings. The van der Waals surface area contributed by atoms with Crippen molar-refractivity contribution in [2.75, 3.05) is 12.4 Å². The van der Waals surface area contributed by atoms with Crippen LogP contribution in [0.25, 0.3) is 11.3 Å². The number of hydrogen-bond acceptors (Lipinski definition) is 5. The van der Waals surface area contributed by atoms with E-state index in [0.717, 1.165) is 35.5 Å². The third kappa shape index (κ3) is 4.60. The average molecular weight is 467 g/mol.